The predicted molar refractivity (Wildman–Crippen MR) is 119 cm³/mol. The van der Waals surface area contributed by atoms with Crippen LogP contribution in [0.4, 0.5) is 10.1 Å². The van der Waals surface area contributed by atoms with Crippen LogP contribution in [0.1, 0.15) is 37.0 Å². The molecule has 2 aliphatic rings. The van der Waals surface area contributed by atoms with E-state index in [1.54, 1.807) is 11.8 Å². The molecule has 6 nitrogen and oxygen atoms in total. The van der Waals surface area contributed by atoms with Crippen LogP contribution in [0.5, 0.6) is 5.75 Å². The number of thioether (sulfide) groups is 1. The molecule has 4 rings (SSSR count). The largest absolute Gasteiger partial charge is 0.484 e. The molecule has 3 N–H and O–H groups in total. The third-order valence-electron chi connectivity index (χ3n) is 5.34. The molecule has 1 saturated carbocycles. The van der Waals surface area contributed by atoms with Crippen LogP contribution in [-0.4, -0.2) is 35.4 Å². The lowest BCUT2D eigenvalue weighted by molar-refractivity contribution is -0.126. The van der Waals surface area contributed by atoms with Gasteiger partial charge in [0.05, 0.1) is 10.4 Å². The van der Waals surface area contributed by atoms with Crippen molar-refractivity contribution in [1.82, 2.24) is 10.6 Å². The number of anilines is 1. The van der Waals surface area contributed by atoms with Crippen molar-refractivity contribution in [2.75, 3.05) is 11.9 Å². The van der Waals surface area contributed by atoms with Gasteiger partial charge in [0, 0.05) is 33.8 Å². The number of hydrogen-bond donors (Lipinski definition) is 3. The van der Waals surface area contributed by atoms with Crippen molar-refractivity contribution in [3.8, 4) is 5.75 Å². The fraction of sp³-hybridized carbons (Fsp3) is 0.364. The number of rotatable bonds is 6. The lowest BCUT2D eigenvalue weighted by Gasteiger charge is -2.45. The van der Waals surface area contributed by atoms with Gasteiger partial charge in [0.1, 0.15) is 11.6 Å². The highest BCUT2D eigenvalue weighted by atomic mass is 35.5. The van der Waals surface area contributed by atoms with Crippen molar-refractivity contribution in [2.24, 2.45) is 0 Å². The molecule has 1 aliphatic heterocycles. The Balaban J connectivity index is 1.23. The summed E-state index contributed by atoms with van der Waals surface area (Å²) < 4.78 is 18.8. The van der Waals surface area contributed by atoms with E-state index >= 15 is 0 Å². The van der Waals surface area contributed by atoms with Gasteiger partial charge in [0.2, 0.25) is 0 Å². The van der Waals surface area contributed by atoms with Gasteiger partial charge in [-0.25, -0.2) is 4.39 Å². The molecule has 1 unspecified atom stereocenters. The normalized spacial score (nSPS) is 23.9. The number of carbonyl (C=O) groups is 2. The van der Waals surface area contributed by atoms with E-state index in [-0.39, 0.29) is 35.2 Å². The number of carbonyl (C=O) groups excluding carboxylic acids is 2. The lowest BCUT2D eigenvalue weighted by atomic mass is 9.74. The van der Waals surface area contributed by atoms with Crippen molar-refractivity contribution >= 4 is 40.9 Å². The van der Waals surface area contributed by atoms with Crippen LogP contribution < -0.4 is 20.7 Å². The summed E-state index contributed by atoms with van der Waals surface area (Å²) in [5.74, 6) is -0.788. The van der Waals surface area contributed by atoms with Gasteiger partial charge in [0.15, 0.2) is 6.61 Å². The van der Waals surface area contributed by atoms with Crippen LogP contribution in [0.2, 0.25) is 5.02 Å². The Kier molecular flexibility index (Phi) is 6.03. The first-order valence-electron chi connectivity index (χ1n) is 9.98. The topological polar surface area (TPSA) is 79.5 Å². The van der Waals surface area contributed by atoms with Crippen LogP contribution in [-0.2, 0) is 4.79 Å². The molecule has 0 saturated heterocycles. The molecular formula is C22H23ClFN3O3S. The molecule has 31 heavy (non-hydrogen) atoms. The molecule has 2 aromatic carbocycles. The molecule has 9 heteroatoms. The van der Waals surface area contributed by atoms with Gasteiger partial charge in [0.25, 0.3) is 11.8 Å². The smallest absolute Gasteiger partial charge is 0.258 e. The van der Waals surface area contributed by atoms with E-state index < -0.39 is 11.4 Å². The summed E-state index contributed by atoms with van der Waals surface area (Å²) in [6.07, 6.45) is 1.25. The van der Waals surface area contributed by atoms with Gasteiger partial charge in [-0.3, -0.25) is 9.59 Å². The van der Waals surface area contributed by atoms with Crippen molar-refractivity contribution in [2.45, 2.75) is 48.5 Å². The highest BCUT2D eigenvalue weighted by molar-refractivity contribution is 8.00. The van der Waals surface area contributed by atoms with Gasteiger partial charge in [-0.2, -0.15) is 0 Å². The molecule has 1 atom stereocenters. The van der Waals surface area contributed by atoms with Gasteiger partial charge in [-0.15, -0.1) is 0 Å². The number of nitrogens with one attached hydrogen (secondary N) is 3. The van der Waals surface area contributed by atoms with Crippen LogP contribution in [0.3, 0.4) is 0 Å². The summed E-state index contributed by atoms with van der Waals surface area (Å²) in [5.41, 5.74) is 1.26. The number of benzene rings is 2. The van der Waals surface area contributed by atoms with Gasteiger partial charge >= 0.3 is 0 Å². The first-order chi connectivity index (χ1) is 14.7. The minimum absolute atomic E-state index is 0.00302. The summed E-state index contributed by atoms with van der Waals surface area (Å²) >= 11 is 7.33. The molecule has 1 fully saturated rings. The minimum Gasteiger partial charge on any atom is -0.484 e. The van der Waals surface area contributed by atoms with E-state index in [1.807, 2.05) is 25.1 Å². The van der Waals surface area contributed by atoms with E-state index in [0.29, 0.717) is 23.8 Å². The Morgan fingerprint density at radius 1 is 1.29 bits per heavy atom. The zero-order valence-electron chi connectivity index (χ0n) is 17.1. The molecule has 164 valence electrons. The zero-order chi connectivity index (χ0) is 22.2. The van der Waals surface area contributed by atoms with Gasteiger partial charge in [-0.1, -0.05) is 23.4 Å². The first kappa shape index (κ1) is 21.8. The van der Waals surface area contributed by atoms with Crippen molar-refractivity contribution in [3.63, 3.8) is 0 Å². The third kappa shape index (κ3) is 5.07. The average Bonchev–Trinajstić information content (AvgIpc) is 3.06. The fourth-order valence-electron chi connectivity index (χ4n) is 3.91. The summed E-state index contributed by atoms with van der Waals surface area (Å²) in [4.78, 5) is 25.9. The maximum atomic E-state index is 13.4. The molecule has 0 spiro atoms. The zero-order valence-corrected chi connectivity index (χ0v) is 18.7. The van der Waals surface area contributed by atoms with Crippen molar-refractivity contribution < 1.29 is 18.7 Å². The number of halogens is 2. The maximum absolute atomic E-state index is 13.4. The lowest BCUT2D eigenvalue weighted by Crippen LogP contribution is -2.62. The monoisotopic (exact) mass is 463 g/mol. The number of amides is 2. The van der Waals surface area contributed by atoms with Crippen molar-refractivity contribution in [1.29, 1.82) is 0 Å². The average molecular weight is 464 g/mol. The van der Waals surface area contributed by atoms with E-state index in [1.165, 1.54) is 12.1 Å². The Labute approximate surface area is 189 Å². The standard InChI is InChI=1S/C22H23ClFN3O3S/c1-12-25-18-6-3-13(7-19(18)31-12)21(29)26-14-9-22(2,10-14)27-20(28)11-30-15-4-5-16(23)17(24)8-15/h3-8,12,14,25H,9-11H2,1-2H3,(H,26,29)(H,27,28). The second-order valence-electron chi connectivity index (χ2n) is 8.17. The van der Waals surface area contributed by atoms with Crippen LogP contribution in [0.15, 0.2) is 41.3 Å². The van der Waals surface area contributed by atoms with Crippen LogP contribution >= 0.6 is 23.4 Å². The van der Waals surface area contributed by atoms with Crippen LogP contribution in [0, 0.1) is 5.82 Å². The van der Waals surface area contributed by atoms with Gasteiger partial charge in [-0.05, 0) is 57.0 Å². The third-order valence-corrected chi connectivity index (χ3v) is 6.71. The quantitative estimate of drug-likeness (QED) is 0.598. The highest BCUT2D eigenvalue weighted by Crippen LogP contribution is 2.38. The van der Waals surface area contributed by atoms with Gasteiger partial charge < -0.3 is 20.7 Å². The van der Waals surface area contributed by atoms with E-state index in [4.69, 9.17) is 16.3 Å². The second kappa shape index (κ2) is 8.59. The fourth-order valence-corrected chi connectivity index (χ4v) is 5.04. The summed E-state index contributed by atoms with van der Waals surface area (Å²) in [7, 11) is 0. The Hall–Kier alpha value is -2.45. The SMILES string of the molecule is CC1Nc2ccc(C(=O)NC3CC(C)(NC(=O)COc4ccc(Cl)c(F)c4)C3)cc2S1. The predicted octanol–water partition coefficient (Wildman–Crippen LogP) is 4.19. The highest BCUT2D eigenvalue weighted by Gasteiger charge is 2.42. The summed E-state index contributed by atoms with van der Waals surface area (Å²) in [6, 6.07) is 9.66. The Morgan fingerprint density at radius 2 is 2.06 bits per heavy atom. The molecule has 2 aromatic rings. The maximum Gasteiger partial charge on any atom is 0.258 e. The molecule has 1 heterocycles. The van der Waals surface area contributed by atoms with Crippen molar-refractivity contribution in [3.05, 3.63) is 52.8 Å². The molecular weight excluding hydrogens is 441 g/mol. The Morgan fingerprint density at radius 3 is 2.81 bits per heavy atom. The Bertz CT molecular complexity index is 1030. The van der Waals surface area contributed by atoms with E-state index in [0.717, 1.165) is 16.6 Å². The summed E-state index contributed by atoms with van der Waals surface area (Å²) in [5, 5.41) is 9.58. The minimum atomic E-state index is -0.600. The molecule has 0 bridgehead atoms. The molecule has 1 aliphatic carbocycles. The summed E-state index contributed by atoms with van der Waals surface area (Å²) in [6.45, 7) is 3.77. The second-order valence-corrected chi connectivity index (χ2v) is 9.96. The number of fused-ring (bicyclic) bond motifs is 1. The van der Waals surface area contributed by atoms with E-state index in [9.17, 15) is 14.0 Å². The van der Waals surface area contributed by atoms with Crippen LogP contribution in [0.25, 0.3) is 0 Å². The molecule has 0 radical (unpaired) electrons. The molecule has 2 amide bonds. The first-order valence-corrected chi connectivity index (χ1v) is 11.2. The molecule has 0 aromatic heterocycles. The van der Waals surface area contributed by atoms with E-state index in [2.05, 4.69) is 22.9 Å². The number of hydrogen-bond acceptors (Lipinski definition) is 5. The number of ether oxygens (including phenoxy) is 1.